The van der Waals surface area contributed by atoms with Crippen molar-refractivity contribution >= 4 is 22.6 Å². The van der Waals surface area contributed by atoms with Crippen LogP contribution in [0.4, 0.5) is 5.69 Å². The van der Waals surface area contributed by atoms with Gasteiger partial charge in [0.15, 0.2) is 0 Å². The zero-order chi connectivity index (χ0) is 18.5. The smallest absolute Gasteiger partial charge is 0.343 e. The van der Waals surface area contributed by atoms with E-state index in [0.29, 0.717) is 17.7 Å². The van der Waals surface area contributed by atoms with Crippen LogP contribution < -0.4 is 9.47 Å². The first kappa shape index (κ1) is 17.3. The fourth-order valence-corrected chi connectivity index (χ4v) is 2.41. The number of nitro benzene ring substituents is 1. The maximum absolute atomic E-state index is 12.4. The Morgan fingerprint density at radius 3 is 2.62 bits per heavy atom. The number of esters is 1. The number of carbonyl (C=O) groups excluding carboxylic acids is 1. The van der Waals surface area contributed by atoms with E-state index < -0.39 is 10.9 Å². The van der Waals surface area contributed by atoms with Crippen molar-refractivity contribution in [3.05, 3.63) is 70.4 Å². The summed E-state index contributed by atoms with van der Waals surface area (Å²) in [5.41, 5.74) is 0.210. The predicted octanol–water partition coefficient (Wildman–Crippen LogP) is 4.15. The number of nitrogens with zero attached hydrogens (tertiary/aromatic N) is 2. The molecule has 0 fully saturated rings. The van der Waals surface area contributed by atoms with Crippen LogP contribution in [0, 0.1) is 10.1 Å². The second-order valence-corrected chi connectivity index (χ2v) is 5.51. The number of carbonyl (C=O) groups is 1. The summed E-state index contributed by atoms with van der Waals surface area (Å²) >= 11 is 0. The Labute approximate surface area is 149 Å². The Morgan fingerprint density at radius 2 is 1.92 bits per heavy atom. The molecule has 0 aliphatic heterocycles. The molecule has 132 valence electrons. The van der Waals surface area contributed by atoms with Crippen LogP contribution in [0.1, 0.15) is 23.7 Å². The molecule has 0 unspecified atom stereocenters. The molecule has 2 aromatic carbocycles. The van der Waals surface area contributed by atoms with Crippen molar-refractivity contribution in [2.45, 2.75) is 13.3 Å². The summed E-state index contributed by atoms with van der Waals surface area (Å²) in [5.74, 6) is -0.223. The third kappa shape index (κ3) is 3.61. The van der Waals surface area contributed by atoms with Crippen molar-refractivity contribution in [1.82, 2.24) is 4.98 Å². The van der Waals surface area contributed by atoms with Crippen molar-refractivity contribution in [2.75, 3.05) is 6.61 Å². The molecule has 0 aliphatic carbocycles. The number of aromatic nitrogens is 1. The molecular formula is C19H16N2O5. The SMILES string of the molecule is CCCOc1ccc(C(=O)Oc2c([N+](=O)[O-])ccc3cccnc23)cc1. The van der Waals surface area contributed by atoms with Crippen molar-refractivity contribution in [2.24, 2.45) is 0 Å². The van der Waals surface area contributed by atoms with Crippen molar-refractivity contribution < 1.29 is 19.2 Å². The van der Waals surface area contributed by atoms with Crippen molar-refractivity contribution in [1.29, 1.82) is 0 Å². The lowest BCUT2D eigenvalue weighted by molar-refractivity contribution is -0.385. The third-order valence-corrected chi connectivity index (χ3v) is 3.66. The fraction of sp³-hybridized carbons (Fsp3) is 0.158. The van der Waals surface area contributed by atoms with E-state index in [-0.39, 0.29) is 22.5 Å². The highest BCUT2D eigenvalue weighted by Gasteiger charge is 2.23. The third-order valence-electron chi connectivity index (χ3n) is 3.66. The Kier molecular flexibility index (Phi) is 5.07. The summed E-state index contributed by atoms with van der Waals surface area (Å²) in [6.45, 7) is 2.58. The lowest BCUT2D eigenvalue weighted by atomic mass is 10.1. The number of nitro groups is 1. The highest BCUT2D eigenvalue weighted by Crippen LogP contribution is 2.34. The molecule has 0 radical (unpaired) electrons. The highest BCUT2D eigenvalue weighted by molar-refractivity contribution is 5.96. The van der Waals surface area contributed by atoms with Crippen molar-refractivity contribution in [3.8, 4) is 11.5 Å². The molecule has 0 saturated carbocycles. The van der Waals surface area contributed by atoms with Gasteiger partial charge in [-0.3, -0.25) is 15.1 Å². The number of fused-ring (bicyclic) bond motifs is 1. The number of hydrogen-bond donors (Lipinski definition) is 0. The van der Waals surface area contributed by atoms with Crippen LogP contribution >= 0.6 is 0 Å². The second-order valence-electron chi connectivity index (χ2n) is 5.51. The van der Waals surface area contributed by atoms with E-state index in [0.717, 1.165) is 6.42 Å². The first-order valence-corrected chi connectivity index (χ1v) is 8.07. The highest BCUT2D eigenvalue weighted by atomic mass is 16.6. The summed E-state index contributed by atoms with van der Waals surface area (Å²) in [4.78, 5) is 27.3. The van der Waals surface area contributed by atoms with Crippen LogP contribution in [0.3, 0.4) is 0 Å². The predicted molar refractivity (Wildman–Crippen MR) is 95.6 cm³/mol. The van der Waals surface area contributed by atoms with Crippen LogP contribution in [0.25, 0.3) is 10.9 Å². The quantitative estimate of drug-likeness (QED) is 0.286. The number of rotatable bonds is 6. The molecule has 0 N–H and O–H groups in total. The molecule has 0 amide bonds. The van der Waals surface area contributed by atoms with Crippen LogP contribution in [0.5, 0.6) is 11.5 Å². The molecule has 1 heterocycles. The zero-order valence-corrected chi connectivity index (χ0v) is 14.0. The fourth-order valence-electron chi connectivity index (χ4n) is 2.41. The average Bonchev–Trinajstić information content (AvgIpc) is 2.66. The minimum atomic E-state index is -0.701. The summed E-state index contributed by atoms with van der Waals surface area (Å²) in [5, 5.41) is 11.9. The first-order valence-electron chi connectivity index (χ1n) is 8.07. The van der Waals surface area contributed by atoms with Gasteiger partial charge in [0.05, 0.1) is 17.1 Å². The molecular weight excluding hydrogens is 336 g/mol. The molecule has 3 rings (SSSR count). The zero-order valence-electron chi connectivity index (χ0n) is 14.0. The van der Waals surface area contributed by atoms with Gasteiger partial charge in [0.2, 0.25) is 5.75 Å². The molecule has 7 nitrogen and oxygen atoms in total. The minimum Gasteiger partial charge on any atom is -0.494 e. The lowest BCUT2D eigenvalue weighted by Crippen LogP contribution is -2.10. The van der Waals surface area contributed by atoms with Gasteiger partial charge < -0.3 is 9.47 Å². The Morgan fingerprint density at radius 1 is 1.15 bits per heavy atom. The minimum absolute atomic E-state index is 0.163. The van der Waals surface area contributed by atoms with Gasteiger partial charge in [0, 0.05) is 17.6 Å². The molecule has 0 atom stereocenters. The molecule has 7 heteroatoms. The molecule has 0 aliphatic rings. The van der Waals surface area contributed by atoms with Crippen LogP contribution in [0.15, 0.2) is 54.7 Å². The van der Waals surface area contributed by atoms with E-state index in [1.807, 2.05) is 6.92 Å². The first-order chi connectivity index (χ1) is 12.6. The standard InChI is InChI=1S/C19H16N2O5/c1-2-12-25-15-8-5-14(6-9-15)19(22)26-18-16(21(23)24)10-7-13-4-3-11-20-17(13)18/h3-11H,2,12H2,1H3. The van der Waals surface area contributed by atoms with E-state index in [1.54, 1.807) is 42.5 Å². The topological polar surface area (TPSA) is 91.6 Å². The van der Waals surface area contributed by atoms with Crippen LogP contribution in [-0.2, 0) is 0 Å². The van der Waals surface area contributed by atoms with E-state index in [9.17, 15) is 14.9 Å². The summed E-state index contributed by atoms with van der Waals surface area (Å²) in [6.07, 6.45) is 2.37. The van der Waals surface area contributed by atoms with E-state index in [4.69, 9.17) is 9.47 Å². The Hall–Kier alpha value is -3.48. The number of hydrogen-bond acceptors (Lipinski definition) is 6. The molecule has 0 saturated heterocycles. The van der Waals surface area contributed by atoms with Gasteiger partial charge in [-0.1, -0.05) is 13.0 Å². The van der Waals surface area contributed by atoms with E-state index in [1.165, 1.54) is 12.3 Å². The lowest BCUT2D eigenvalue weighted by Gasteiger charge is -2.09. The van der Waals surface area contributed by atoms with Crippen molar-refractivity contribution in [3.63, 3.8) is 0 Å². The Balaban J connectivity index is 1.91. The van der Waals surface area contributed by atoms with Gasteiger partial charge >= 0.3 is 11.7 Å². The monoisotopic (exact) mass is 352 g/mol. The molecule has 1 aromatic heterocycles. The van der Waals surface area contributed by atoms with Gasteiger partial charge in [0.25, 0.3) is 0 Å². The van der Waals surface area contributed by atoms with Gasteiger partial charge in [-0.15, -0.1) is 0 Å². The molecule has 26 heavy (non-hydrogen) atoms. The molecule has 0 spiro atoms. The average molecular weight is 352 g/mol. The summed E-state index contributed by atoms with van der Waals surface area (Å²) in [6, 6.07) is 12.7. The van der Waals surface area contributed by atoms with Crippen LogP contribution in [-0.4, -0.2) is 22.5 Å². The largest absolute Gasteiger partial charge is 0.494 e. The number of pyridine rings is 1. The van der Waals surface area contributed by atoms with Gasteiger partial charge in [0.1, 0.15) is 11.3 Å². The summed E-state index contributed by atoms with van der Waals surface area (Å²) in [7, 11) is 0. The summed E-state index contributed by atoms with van der Waals surface area (Å²) < 4.78 is 10.8. The normalized spacial score (nSPS) is 10.5. The van der Waals surface area contributed by atoms with E-state index in [2.05, 4.69) is 4.98 Å². The van der Waals surface area contributed by atoms with E-state index >= 15 is 0 Å². The maximum atomic E-state index is 12.4. The molecule has 3 aromatic rings. The van der Waals surface area contributed by atoms with Gasteiger partial charge in [-0.2, -0.15) is 0 Å². The van der Waals surface area contributed by atoms with Gasteiger partial charge in [-0.25, -0.2) is 4.79 Å². The Bertz CT molecular complexity index is 954. The van der Waals surface area contributed by atoms with Gasteiger partial charge in [-0.05, 0) is 42.8 Å². The number of ether oxygens (including phenoxy) is 2. The van der Waals surface area contributed by atoms with Crippen LogP contribution in [0.2, 0.25) is 0 Å². The maximum Gasteiger partial charge on any atom is 0.343 e. The molecule has 0 bridgehead atoms. The number of benzene rings is 2. The second kappa shape index (κ2) is 7.60.